The number of aromatic amines is 1. The van der Waals surface area contributed by atoms with Crippen molar-refractivity contribution in [2.45, 2.75) is 57.3 Å². The molecule has 4 aromatic carbocycles. The molecule has 63 heavy (non-hydrogen) atoms. The number of aromatic nitrogens is 1. The monoisotopic (exact) mass is 893 g/mol. The number of allylic oxidation sites excluding steroid dienone is 1. The van der Waals surface area contributed by atoms with Gasteiger partial charge in [0, 0.05) is 86.5 Å². The first-order chi connectivity index (χ1) is 30.2. The van der Waals surface area contributed by atoms with Gasteiger partial charge in [-0.05, 0) is 103 Å². The van der Waals surface area contributed by atoms with Crippen LogP contribution in [0.4, 0.5) is 17.1 Å². The zero-order valence-corrected chi connectivity index (χ0v) is 37.1. The summed E-state index contributed by atoms with van der Waals surface area (Å²) in [6.07, 6.45) is 6.82. The van der Waals surface area contributed by atoms with Crippen molar-refractivity contribution < 1.29 is 27.7 Å². The smallest absolute Gasteiger partial charge is 0.338 e. The number of hydrogen-bond acceptors (Lipinski definition) is 10. The number of sulfonamides is 1. The van der Waals surface area contributed by atoms with Gasteiger partial charge in [0.05, 0.1) is 10.6 Å². The van der Waals surface area contributed by atoms with Crippen molar-refractivity contribution in [3.05, 3.63) is 123 Å². The van der Waals surface area contributed by atoms with Gasteiger partial charge < -0.3 is 24.8 Å². The Bertz CT molecular complexity index is 2660. The highest BCUT2D eigenvalue weighted by Crippen LogP contribution is 2.49. The molecule has 2 amide bonds. The Hall–Kier alpha value is -5.90. The number of nitrogens with one attached hydrogen (secondary N) is 3. The van der Waals surface area contributed by atoms with Crippen molar-refractivity contribution in [3.8, 4) is 11.5 Å². The summed E-state index contributed by atoms with van der Waals surface area (Å²) in [5.41, 5.74) is 4.62. The molecule has 2 saturated heterocycles. The van der Waals surface area contributed by atoms with E-state index in [1.54, 1.807) is 53.6 Å². The van der Waals surface area contributed by atoms with Crippen LogP contribution < -0.4 is 19.7 Å². The topological polar surface area (TPSA) is 170 Å². The normalized spacial score (nSPS) is 17.2. The number of rotatable bonds is 14. The largest absolute Gasteiger partial charge is 0.449 e. The molecule has 2 fully saturated rings. The number of ether oxygens (including phenoxy) is 1. The number of hydrogen-bond donors (Lipinski definition) is 3. The number of H-pyrrole nitrogens is 1. The Labute approximate surface area is 372 Å². The second kappa shape index (κ2) is 18.4. The number of nitro groups is 1. The minimum atomic E-state index is -4.81. The maximum absolute atomic E-state index is 14.5. The van der Waals surface area contributed by atoms with Crippen LogP contribution in [0.1, 0.15) is 68.3 Å². The number of carbonyl (C=O) groups is 2. The average Bonchev–Trinajstić information content (AvgIpc) is 3.74. The van der Waals surface area contributed by atoms with Crippen LogP contribution >= 0.6 is 11.6 Å². The van der Waals surface area contributed by atoms with Gasteiger partial charge in [0.1, 0.15) is 16.3 Å². The Balaban J connectivity index is 1.17. The van der Waals surface area contributed by atoms with E-state index in [1.165, 1.54) is 34.9 Å². The molecule has 0 radical (unpaired) electrons. The third-order valence-electron chi connectivity index (χ3n) is 12.3. The fourth-order valence-electron chi connectivity index (χ4n) is 8.84. The minimum Gasteiger partial charge on any atom is -0.449 e. The average molecular weight is 894 g/mol. The Kier molecular flexibility index (Phi) is 12.8. The zero-order chi connectivity index (χ0) is 44.3. The van der Waals surface area contributed by atoms with Crippen molar-refractivity contribution in [2.24, 2.45) is 5.41 Å². The van der Waals surface area contributed by atoms with E-state index in [2.05, 4.69) is 45.9 Å². The fraction of sp³-hybridized carbons (Fsp3) is 0.362. The summed E-state index contributed by atoms with van der Waals surface area (Å²) in [5, 5.41) is 18.1. The number of anilines is 2. The Morgan fingerprint density at radius 3 is 2.44 bits per heavy atom. The van der Waals surface area contributed by atoms with Crippen LogP contribution in [0.5, 0.6) is 11.5 Å². The summed E-state index contributed by atoms with van der Waals surface area (Å²) in [4.78, 5) is 47.6. The number of amides is 2. The molecule has 0 saturated carbocycles. The number of halogens is 1. The molecule has 2 aliphatic heterocycles. The number of carbonyl (C=O) groups excluding carboxylic acids is 2. The molecule has 0 atom stereocenters. The number of nitrogens with zero attached hydrogens (tertiary/aromatic N) is 4. The quantitative estimate of drug-likeness (QED) is 0.0723. The van der Waals surface area contributed by atoms with Gasteiger partial charge >= 0.3 is 5.69 Å². The van der Waals surface area contributed by atoms with E-state index >= 15 is 0 Å². The highest BCUT2D eigenvalue weighted by Gasteiger charge is 2.38. The maximum Gasteiger partial charge on any atom is 0.338 e. The highest BCUT2D eigenvalue weighted by molar-refractivity contribution is 7.90. The first-order valence-corrected chi connectivity index (χ1v) is 23.3. The van der Waals surface area contributed by atoms with E-state index in [4.69, 9.17) is 16.3 Å². The molecular weight excluding hydrogens is 842 g/mol. The van der Waals surface area contributed by atoms with Crippen molar-refractivity contribution >= 4 is 67.0 Å². The predicted octanol–water partition coefficient (Wildman–Crippen LogP) is 8.85. The van der Waals surface area contributed by atoms with Crippen molar-refractivity contribution in [3.63, 3.8) is 0 Å². The number of nitro benzene ring substituents is 1. The number of benzene rings is 4. The highest BCUT2D eigenvalue weighted by atomic mass is 35.5. The fourth-order valence-corrected chi connectivity index (χ4v) is 10.1. The molecule has 1 aliphatic carbocycles. The Morgan fingerprint density at radius 1 is 0.952 bits per heavy atom. The van der Waals surface area contributed by atoms with Crippen molar-refractivity contribution in [1.82, 2.24) is 19.5 Å². The Morgan fingerprint density at radius 2 is 1.71 bits per heavy atom. The van der Waals surface area contributed by atoms with Gasteiger partial charge in [0.2, 0.25) is 11.7 Å². The second-order valence-corrected chi connectivity index (χ2v) is 19.4. The summed E-state index contributed by atoms with van der Waals surface area (Å²) in [7, 11) is -4.81. The molecule has 14 nitrogen and oxygen atoms in total. The summed E-state index contributed by atoms with van der Waals surface area (Å²) in [5.74, 6) is -1.28. The molecule has 0 unspecified atom stereocenters. The van der Waals surface area contributed by atoms with Gasteiger partial charge in [-0.3, -0.25) is 24.6 Å². The van der Waals surface area contributed by atoms with Crippen molar-refractivity contribution in [1.29, 1.82) is 0 Å². The van der Waals surface area contributed by atoms with E-state index in [-0.39, 0.29) is 40.6 Å². The van der Waals surface area contributed by atoms with Crippen LogP contribution in [0.25, 0.3) is 16.5 Å². The van der Waals surface area contributed by atoms with Gasteiger partial charge in [-0.15, -0.1) is 0 Å². The van der Waals surface area contributed by atoms with E-state index in [9.17, 15) is 28.1 Å². The molecule has 16 heteroatoms. The second-order valence-electron chi connectivity index (χ2n) is 17.3. The van der Waals surface area contributed by atoms with Crippen LogP contribution in [0.2, 0.25) is 5.02 Å². The van der Waals surface area contributed by atoms with Gasteiger partial charge in [-0.2, -0.15) is 0 Å². The van der Waals surface area contributed by atoms with Gasteiger partial charge in [-0.25, -0.2) is 13.1 Å². The molecule has 5 aromatic rings. The third kappa shape index (κ3) is 10.0. The van der Waals surface area contributed by atoms with Crippen LogP contribution in [-0.4, -0.2) is 92.3 Å². The van der Waals surface area contributed by atoms with Crippen molar-refractivity contribution in [2.75, 3.05) is 62.6 Å². The molecule has 3 N–H and O–H groups in total. The predicted molar refractivity (Wildman–Crippen MR) is 246 cm³/mol. The lowest BCUT2D eigenvalue weighted by atomic mass is 9.72. The summed E-state index contributed by atoms with van der Waals surface area (Å²) < 4.78 is 37.5. The lowest BCUT2D eigenvalue weighted by Gasteiger charge is -2.40. The standard InChI is InChI=1S/C47H52ClN7O7S/c1-47(2)19-17-35(38(30-47)32-11-13-36(48)14-12-32)31-52-24-26-53(27-25-52)40-29-41(63(60,61)51-46(57)33-8-4-3-5-9-33)45(62-37-15-16-39-34(28-37)18-20-49-39)44(55(58)59)43(40)50-21-23-54-22-7-6-10-42(54)56/h3-5,8-9,11-16,18,20,28-29,49-50H,6-7,10,17,19,21-27,30-31H2,1-2H3,(H,51,57). The van der Waals surface area contributed by atoms with E-state index in [1.807, 2.05) is 17.0 Å². The molecule has 0 spiro atoms. The van der Waals surface area contributed by atoms with Crippen LogP contribution in [0.3, 0.4) is 0 Å². The van der Waals surface area contributed by atoms with Gasteiger partial charge in [0.15, 0.2) is 0 Å². The lowest BCUT2D eigenvalue weighted by molar-refractivity contribution is -0.384. The first-order valence-electron chi connectivity index (χ1n) is 21.4. The third-order valence-corrected chi connectivity index (χ3v) is 13.9. The zero-order valence-electron chi connectivity index (χ0n) is 35.5. The number of piperidine rings is 1. The lowest BCUT2D eigenvalue weighted by Crippen LogP contribution is -2.47. The summed E-state index contributed by atoms with van der Waals surface area (Å²) in [6.45, 7) is 8.41. The van der Waals surface area contributed by atoms with E-state index in [0.717, 1.165) is 49.6 Å². The molecule has 3 heterocycles. The minimum absolute atomic E-state index is 0.0181. The molecule has 330 valence electrons. The van der Waals surface area contributed by atoms with Crippen LogP contribution in [0.15, 0.2) is 102 Å². The summed E-state index contributed by atoms with van der Waals surface area (Å²) >= 11 is 6.27. The van der Waals surface area contributed by atoms with E-state index in [0.29, 0.717) is 50.7 Å². The molecular formula is C47H52ClN7O7S. The van der Waals surface area contributed by atoms with Crippen LogP contribution in [0, 0.1) is 15.5 Å². The first kappa shape index (κ1) is 43.7. The molecule has 1 aromatic heterocycles. The van der Waals surface area contributed by atoms with Gasteiger partial charge in [-0.1, -0.05) is 61.4 Å². The van der Waals surface area contributed by atoms with Crippen LogP contribution in [-0.2, 0) is 14.8 Å². The maximum atomic E-state index is 14.5. The number of fused-ring (bicyclic) bond motifs is 1. The summed E-state index contributed by atoms with van der Waals surface area (Å²) in [6, 6.07) is 24.0. The van der Waals surface area contributed by atoms with E-state index < -0.39 is 37.2 Å². The number of likely N-dealkylation sites (tertiary alicyclic amines) is 1. The molecule has 3 aliphatic rings. The molecule has 0 bridgehead atoms. The number of piperazine rings is 1. The SMILES string of the molecule is CC1(C)CCC(CN2CCN(c3cc(S(=O)(=O)NC(=O)c4ccccc4)c(Oc4ccc5[nH]ccc5c4)c([N+](=O)[O-])c3NCCN3CCCCC3=O)CC2)=C(c2ccc(Cl)cc2)C1. The van der Waals surface area contributed by atoms with Gasteiger partial charge in [0.25, 0.3) is 15.9 Å². The molecule has 8 rings (SSSR count).